The molecule has 4 heterocycles. The molecule has 166 valence electrons. The third kappa shape index (κ3) is 3.93. The number of hydrogen-bond donors (Lipinski definition) is 1. The molecule has 1 aliphatic rings. The van der Waals surface area contributed by atoms with Crippen LogP contribution < -0.4 is 10.9 Å². The maximum absolute atomic E-state index is 13.3. The van der Waals surface area contributed by atoms with Gasteiger partial charge in [0.25, 0.3) is 5.56 Å². The number of thioether (sulfide) groups is 1. The molecule has 0 aromatic carbocycles. The zero-order chi connectivity index (χ0) is 22.9. The second kappa shape index (κ2) is 9.02. The van der Waals surface area contributed by atoms with Crippen molar-refractivity contribution in [3.8, 4) is 17.4 Å². The average molecular weight is 495 g/mol. The molecule has 4 aromatic heterocycles. The topological polar surface area (TPSA) is 101 Å². The summed E-state index contributed by atoms with van der Waals surface area (Å²) in [6.07, 6.45) is 6.09. The van der Waals surface area contributed by atoms with Gasteiger partial charge in [0, 0.05) is 22.4 Å². The van der Waals surface area contributed by atoms with Gasteiger partial charge in [-0.2, -0.15) is 5.26 Å². The van der Waals surface area contributed by atoms with Crippen molar-refractivity contribution < 1.29 is 9.21 Å². The quantitative estimate of drug-likeness (QED) is 0.219. The van der Waals surface area contributed by atoms with E-state index in [2.05, 4.69) is 22.9 Å². The zero-order valence-electron chi connectivity index (χ0n) is 17.4. The lowest BCUT2D eigenvalue weighted by atomic mass is 10.1. The molecule has 0 atom stereocenters. The van der Waals surface area contributed by atoms with Crippen LogP contribution in [-0.2, 0) is 24.2 Å². The highest BCUT2D eigenvalue weighted by Crippen LogP contribution is 2.38. The number of hydrogen-bond acceptors (Lipinski definition) is 8. The number of anilines is 1. The Balaban J connectivity index is 1.40. The Morgan fingerprint density at radius 2 is 2.33 bits per heavy atom. The van der Waals surface area contributed by atoms with E-state index in [4.69, 9.17) is 4.42 Å². The minimum absolute atomic E-state index is 0.0684. The molecule has 0 radical (unpaired) electrons. The first-order valence-electron chi connectivity index (χ1n) is 10.2. The third-order valence-electron chi connectivity index (χ3n) is 5.38. The van der Waals surface area contributed by atoms with Crippen molar-refractivity contribution >= 4 is 55.6 Å². The molecule has 0 bridgehead atoms. The number of furan rings is 1. The van der Waals surface area contributed by atoms with Crippen LogP contribution >= 0.6 is 34.4 Å². The Morgan fingerprint density at radius 1 is 1.45 bits per heavy atom. The summed E-state index contributed by atoms with van der Waals surface area (Å²) in [5.74, 6) is 0.443. The highest BCUT2D eigenvalue weighted by molar-refractivity contribution is 7.99. The highest BCUT2D eigenvalue weighted by Gasteiger charge is 2.24. The highest BCUT2D eigenvalue weighted by atomic mass is 32.2. The normalized spacial score (nSPS) is 12.6. The second-order valence-corrected chi connectivity index (χ2v) is 10.3. The fourth-order valence-electron chi connectivity index (χ4n) is 3.92. The number of nitriles is 1. The fraction of sp³-hybridized carbons (Fsp3) is 0.217. The lowest BCUT2D eigenvalue weighted by Crippen LogP contribution is -2.23. The van der Waals surface area contributed by atoms with Crippen molar-refractivity contribution in [1.29, 1.82) is 5.26 Å². The Hall–Kier alpha value is -3.13. The summed E-state index contributed by atoms with van der Waals surface area (Å²) in [5, 5.41) is 15.8. The summed E-state index contributed by atoms with van der Waals surface area (Å²) >= 11 is 4.04. The van der Waals surface area contributed by atoms with E-state index in [0.29, 0.717) is 37.3 Å². The Bertz CT molecular complexity index is 1470. The minimum Gasteiger partial charge on any atom is -0.464 e. The van der Waals surface area contributed by atoms with Crippen molar-refractivity contribution in [3.63, 3.8) is 0 Å². The number of aryl methyl sites for hydroxylation is 1. The molecule has 7 nitrogen and oxygen atoms in total. The van der Waals surface area contributed by atoms with E-state index in [0.717, 1.165) is 24.8 Å². The van der Waals surface area contributed by atoms with Gasteiger partial charge in [0.2, 0.25) is 5.91 Å². The summed E-state index contributed by atoms with van der Waals surface area (Å²) in [6, 6.07) is 5.82. The van der Waals surface area contributed by atoms with Gasteiger partial charge in [0.1, 0.15) is 21.7 Å². The van der Waals surface area contributed by atoms with Crippen LogP contribution in [0.3, 0.4) is 0 Å². The Labute approximate surface area is 201 Å². The van der Waals surface area contributed by atoms with E-state index in [1.54, 1.807) is 18.4 Å². The van der Waals surface area contributed by atoms with Crippen LogP contribution in [0.15, 0.2) is 50.8 Å². The number of nitrogens with zero attached hydrogens (tertiary/aromatic N) is 3. The molecular formula is C23H18N4O3S3. The Kier molecular flexibility index (Phi) is 5.93. The molecule has 0 aliphatic heterocycles. The number of allylic oxidation sites excluding steroid dienone is 1. The molecule has 4 aromatic rings. The molecule has 5 rings (SSSR count). The number of carbonyl (C=O) groups is 1. The molecule has 0 unspecified atom stereocenters. The van der Waals surface area contributed by atoms with Crippen molar-refractivity contribution in [3.05, 3.63) is 62.8 Å². The van der Waals surface area contributed by atoms with E-state index in [-0.39, 0.29) is 23.8 Å². The van der Waals surface area contributed by atoms with Crippen LogP contribution in [0, 0.1) is 11.3 Å². The average Bonchev–Trinajstić information content (AvgIpc) is 3.58. The van der Waals surface area contributed by atoms with Crippen molar-refractivity contribution in [2.24, 2.45) is 0 Å². The van der Waals surface area contributed by atoms with Crippen LogP contribution in [0.2, 0.25) is 0 Å². The number of carbonyl (C=O) groups excluding carboxylic acids is 1. The predicted molar refractivity (Wildman–Crippen MR) is 132 cm³/mol. The van der Waals surface area contributed by atoms with Crippen molar-refractivity contribution in [1.82, 2.24) is 9.55 Å². The number of aromatic nitrogens is 2. The SMILES string of the molecule is C=CCn1c(SCC(=O)Nc2sc3c(c2C#N)CCC3)nc2scc(-c3ccco3)c2c1=O. The van der Waals surface area contributed by atoms with Crippen molar-refractivity contribution in [2.75, 3.05) is 11.1 Å². The molecule has 1 N–H and O–H groups in total. The maximum Gasteiger partial charge on any atom is 0.263 e. The first kappa shape index (κ1) is 21.7. The van der Waals surface area contributed by atoms with Gasteiger partial charge in [0.15, 0.2) is 5.16 Å². The second-order valence-electron chi connectivity index (χ2n) is 7.42. The largest absolute Gasteiger partial charge is 0.464 e. The fourth-order valence-corrected chi connectivity index (χ4v) is 6.96. The molecule has 0 spiro atoms. The molecule has 0 saturated carbocycles. The van der Waals surface area contributed by atoms with Crippen LogP contribution in [0.25, 0.3) is 21.5 Å². The van der Waals surface area contributed by atoms with Gasteiger partial charge in [0.05, 0.1) is 23.0 Å². The van der Waals surface area contributed by atoms with Gasteiger partial charge in [-0.15, -0.1) is 29.3 Å². The minimum atomic E-state index is -0.238. The van der Waals surface area contributed by atoms with Gasteiger partial charge in [-0.05, 0) is 37.0 Å². The van der Waals surface area contributed by atoms with Gasteiger partial charge in [-0.1, -0.05) is 17.8 Å². The predicted octanol–water partition coefficient (Wildman–Crippen LogP) is 5.06. The first-order chi connectivity index (χ1) is 16.1. The summed E-state index contributed by atoms with van der Waals surface area (Å²) < 4.78 is 7.00. The van der Waals surface area contributed by atoms with Crippen LogP contribution in [0.1, 0.15) is 22.4 Å². The lowest BCUT2D eigenvalue weighted by Gasteiger charge is -2.10. The molecule has 0 fully saturated rings. The number of amides is 1. The first-order valence-corrected chi connectivity index (χ1v) is 12.9. The molecule has 1 aliphatic carbocycles. The van der Waals surface area contributed by atoms with E-state index >= 15 is 0 Å². The molecular weight excluding hydrogens is 476 g/mol. The summed E-state index contributed by atoms with van der Waals surface area (Å²) in [4.78, 5) is 32.4. The van der Waals surface area contributed by atoms with E-state index in [1.165, 1.54) is 43.9 Å². The third-order valence-corrected chi connectivity index (χ3v) is 8.43. The molecule has 1 amide bonds. The maximum atomic E-state index is 13.3. The van der Waals surface area contributed by atoms with Gasteiger partial charge < -0.3 is 9.73 Å². The number of nitrogens with one attached hydrogen (secondary N) is 1. The zero-order valence-corrected chi connectivity index (χ0v) is 19.9. The molecule has 33 heavy (non-hydrogen) atoms. The van der Waals surface area contributed by atoms with E-state index in [1.807, 2.05) is 11.4 Å². The lowest BCUT2D eigenvalue weighted by molar-refractivity contribution is -0.113. The Morgan fingerprint density at radius 3 is 3.09 bits per heavy atom. The number of fused-ring (bicyclic) bond motifs is 2. The smallest absolute Gasteiger partial charge is 0.263 e. The van der Waals surface area contributed by atoms with E-state index in [9.17, 15) is 14.9 Å². The van der Waals surface area contributed by atoms with E-state index < -0.39 is 0 Å². The summed E-state index contributed by atoms with van der Waals surface area (Å²) in [5.41, 5.74) is 2.16. The van der Waals surface area contributed by atoms with Crippen LogP contribution in [0.5, 0.6) is 0 Å². The molecule has 0 saturated heterocycles. The standard InChI is InChI=1S/C23H18N4O3S3/c1-2-8-27-22(29)19-15(16-6-4-9-30-16)11-31-21(19)26-23(27)32-12-18(28)25-20-14(10-24)13-5-3-7-17(13)33-20/h2,4,6,9,11H,1,3,5,7-8,12H2,(H,25,28). The summed E-state index contributed by atoms with van der Waals surface area (Å²) in [7, 11) is 0. The number of thiophene rings is 2. The van der Waals surface area contributed by atoms with Gasteiger partial charge in [-0.3, -0.25) is 14.2 Å². The molecule has 10 heteroatoms. The number of rotatable bonds is 7. The van der Waals surface area contributed by atoms with Crippen LogP contribution in [0.4, 0.5) is 5.00 Å². The van der Waals surface area contributed by atoms with Gasteiger partial charge >= 0.3 is 0 Å². The van der Waals surface area contributed by atoms with Crippen LogP contribution in [-0.4, -0.2) is 21.2 Å². The monoisotopic (exact) mass is 494 g/mol. The van der Waals surface area contributed by atoms with Crippen molar-refractivity contribution in [2.45, 2.75) is 31.0 Å². The summed E-state index contributed by atoms with van der Waals surface area (Å²) in [6.45, 7) is 4.02. The van der Waals surface area contributed by atoms with Gasteiger partial charge in [-0.25, -0.2) is 4.98 Å².